The first-order valence-electron chi connectivity index (χ1n) is 13.2. The smallest absolute Gasteiger partial charge is 0.278 e. The van der Waals surface area contributed by atoms with Crippen molar-refractivity contribution in [2.45, 2.75) is 63.8 Å². The molecular weight excluding hydrogens is 496 g/mol. The fourth-order valence-corrected chi connectivity index (χ4v) is 6.39. The van der Waals surface area contributed by atoms with E-state index < -0.39 is 12.5 Å². The summed E-state index contributed by atoms with van der Waals surface area (Å²) in [5.74, 6) is -2.18. The van der Waals surface area contributed by atoms with Gasteiger partial charge in [0.15, 0.2) is 6.61 Å². The Bertz CT molecular complexity index is 1200. The van der Waals surface area contributed by atoms with E-state index in [9.17, 15) is 13.6 Å². The first kappa shape index (κ1) is 26.0. The summed E-state index contributed by atoms with van der Waals surface area (Å²) < 4.78 is 33.1. The number of fused-ring (bicyclic) bond motifs is 2. The fourth-order valence-electron chi connectivity index (χ4n) is 5.44. The van der Waals surface area contributed by atoms with Gasteiger partial charge >= 0.3 is 0 Å². The lowest BCUT2D eigenvalue weighted by Gasteiger charge is -2.30. The van der Waals surface area contributed by atoms with E-state index in [1.165, 1.54) is 11.3 Å². The van der Waals surface area contributed by atoms with Crippen LogP contribution in [0.15, 0.2) is 24.4 Å². The standard InChI is InChI=1S/C27H35F2N5O2S/c1-27(28,29)17-36-26-31-23-11-14-34(15-12-24(23)37-26)13-10-18-6-8-19(9-7-18)30-25(35)20-4-3-5-22-21(20)16-33(2)32-22/h3-5,16,18-19H,6-15,17H2,1-2H3,(H,30,35)/t18-,19-. The molecule has 0 spiro atoms. The van der Waals surface area contributed by atoms with E-state index >= 15 is 0 Å². The van der Waals surface area contributed by atoms with Crippen LogP contribution >= 0.6 is 11.3 Å². The number of nitrogens with zero attached hydrogens (tertiary/aromatic N) is 4. The van der Waals surface area contributed by atoms with Crippen molar-refractivity contribution in [1.29, 1.82) is 0 Å². The van der Waals surface area contributed by atoms with Crippen molar-refractivity contribution >= 4 is 28.1 Å². The number of amides is 1. The Labute approximate surface area is 220 Å². The number of hydrogen-bond acceptors (Lipinski definition) is 6. The zero-order chi connectivity index (χ0) is 26.0. The van der Waals surface area contributed by atoms with Crippen LogP contribution in [-0.4, -0.2) is 63.8 Å². The number of nitrogens with one attached hydrogen (secondary N) is 1. The Morgan fingerprint density at radius 3 is 2.78 bits per heavy atom. The topological polar surface area (TPSA) is 72.3 Å². The molecule has 1 aliphatic heterocycles. The molecule has 0 atom stereocenters. The monoisotopic (exact) mass is 531 g/mol. The average molecular weight is 532 g/mol. The predicted molar refractivity (Wildman–Crippen MR) is 141 cm³/mol. The number of aromatic nitrogens is 3. The van der Waals surface area contributed by atoms with Gasteiger partial charge in [0.05, 0.1) is 16.8 Å². The third kappa shape index (κ3) is 6.65. The normalized spacial score (nSPS) is 21.0. The summed E-state index contributed by atoms with van der Waals surface area (Å²) in [5.41, 5.74) is 2.53. The molecule has 2 aromatic heterocycles. The van der Waals surface area contributed by atoms with Gasteiger partial charge in [-0.1, -0.05) is 17.4 Å². The van der Waals surface area contributed by atoms with Crippen molar-refractivity contribution in [3.63, 3.8) is 0 Å². The number of carbonyl (C=O) groups excluding carboxylic acids is 1. The molecule has 3 aromatic rings. The molecule has 1 aromatic carbocycles. The van der Waals surface area contributed by atoms with E-state index in [0.717, 1.165) is 93.0 Å². The number of alkyl halides is 2. The molecule has 10 heteroatoms. The van der Waals surface area contributed by atoms with Crippen LogP contribution in [0.1, 0.15) is 60.0 Å². The number of halogens is 2. The maximum atomic E-state index is 13.1. The average Bonchev–Trinajstić information content (AvgIpc) is 3.39. The minimum atomic E-state index is -2.85. The van der Waals surface area contributed by atoms with Crippen LogP contribution in [0.2, 0.25) is 0 Å². The Hall–Kier alpha value is -2.59. The second-order valence-electron chi connectivity index (χ2n) is 10.6. The zero-order valence-corrected chi connectivity index (χ0v) is 22.3. The molecule has 3 heterocycles. The van der Waals surface area contributed by atoms with Crippen molar-refractivity contribution in [1.82, 2.24) is 25.0 Å². The van der Waals surface area contributed by atoms with Gasteiger partial charge in [0.1, 0.15) is 0 Å². The summed E-state index contributed by atoms with van der Waals surface area (Å²) >= 11 is 1.41. The molecule has 0 bridgehead atoms. The number of rotatable bonds is 8. The molecule has 37 heavy (non-hydrogen) atoms. The van der Waals surface area contributed by atoms with Gasteiger partial charge in [0.2, 0.25) is 0 Å². The summed E-state index contributed by atoms with van der Waals surface area (Å²) in [6.07, 6.45) is 9.08. The first-order chi connectivity index (χ1) is 17.7. The van der Waals surface area contributed by atoms with Gasteiger partial charge in [-0.2, -0.15) is 5.10 Å². The molecule has 1 fully saturated rings. The van der Waals surface area contributed by atoms with Gasteiger partial charge in [-0.05, 0) is 63.1 Å². The van der Waals surface area contributed by atoms with Crippen LogP contribution in [0.5, 0.6) is 5.19 Å². The van der Waals surface area contributed by atoms with Crippen LogP contribution in [0.3, 0.4) is 0 Å². The maximum Gasteiger partial charge on any atom is 0.278 e. The fraction of sp³-hybridized carbons (Fsp3) is 0.593. The largest absolute Gasteiger partial charge is 0.464 e. The van der Waals surface area contributed by atoms with Crippen LogP contribution in [-0.2, 0) is 19.9 Å². The van der Waals surface area contributed by atoms with E-state index in [-0.39, 0.29) is 11.9 Å². The maximum absolute atomic E-state index is 13.1. The van der Waals surface area contributed by atoms with Gasteiger partial charge in [-0.3, -0.25) is 9.48 Å². The minimum Gasteiger partial charge on any atom is -0.464 e. The van der Waals surface area contributed by atoms with E-state index in [2.05, 4.69) is 20.3 Å². The summed E-state index contributed by atoms with van der Waals surface area (Å²) in [6, 6.07) is 5.91. The van der Waals surface area contributed by atoms with Crippen LogP contribution < -0.4 is 10.1 Å². The van der Waals surface area contributed by atoms with Gasteiger partial charge < -0.3 is 15.0 Å². The quantitative estimate of drug-likeness (QED) is 0.450. The Balaban J connectivity index is 1.04. The van der Waals surface area contributed by atoms with E-state index in [1.807, 2.05) is 31.4 Å². The molecule has 0 radical (unpaired) electrons. The van der Waals surface area contributed by atoms with Crippen molar-refractivity contribution in [3.05, 3.63) is 40.5 Å². The summed E-state index contributed by atoms with van der Waals surface area (Å²) in [5, 5.41) is 8.92. The molecule has 0 saturated heterocycles. The number of ether oxygens (including phenoxy) is 1. The molecule has 200 valence electrons. The number of carbonyl (C=O) groups is 1. The third-order valence-electron chi connectivity index (χ3n) is 7.47. The molecule has 1 aliphatic carbocycles. The Morgan fingerprint density at radius 1 is 1.22 bits per heavy atom. The van der Waals surface area contributed by atoms with Gasteiger partial charge in [-0.25, -0.2) is 13.8 Å². The third-order valence-corrected chi connectivity index (χ3v) is 8.54. The number of thiazole rings is 1. The summed E-state index contributed by atoms with van der Waals surface area (Å²) in [4.78, 5) is 21.1. The van der Waals surface area contributed by atoms with Crippen molar-refractivity contribution < 1.29 is 18.3 Å². The van der Waals surface area contributed by atoms with Crippen LogP contribution in [0.4, 0.5) is 8.78 Å². The number of benzene rings is 1. The molecule has 1 N–H and O–H groups in total. The number of hydrogen-bond donors (Lipinski definition) is 1. The minimum absolute atomic E-state index is 0.00958. The van der Waals surface area contributed by atoms with Crippen molar-refractivity contribution in [3.8, 4) is 5.19 Å². The van der Waals surface area contributed by atoms with Gasteiger partial charge in [0.25, 0.3) is 17.0 Å². The zero-order valence-electron chi connectivity index (χ0n) is 21.5. The van der Waals surface area contributed by atoms with E-state index in [1.54, 1.807) is 4.68 Å². The van der Waals surface area contributed by atoms with E-state index in [0.29, 0.717) is 16.7 Å². The molecular formula is C27H35F2N5O2S. The molecule has 7 nitrogen and oxygen atoms in total. The molecule has 0 unspecified atom stereocenters. The van der Waals surface area contributed by atoms with E-state index in [4.69, 9.17) is 4.74 Å². The van der Waals surface area contributed by atoms with Crippen LogP contribution in [0, 0.1) is 5.92 Å². The second kappa shape index (κ2) is 11.0. The lowest BCUT2D eigenvalue weighted by Crippen LogP contribution is -2.38. The van der Waals surface area contributed by atoms with Gasteiger partial charge in [0, 0.05) is 56.0 Å². The Morgan fingerprint density at radius 2 is 2.00 bits per heavy atom. The summed E-state index contributed by atoms with van der Waals surface area (Å²) in [7, 11) is 1.87. The molecule has 1 saturated carbocycles. The number of aryl methyl sites for hydroxylation is 1. The molecule has 2 aliphatic rings. The van der Waals surface area contributed by atoms with Gasteiger partial charge in [-0.15, -0.1) is 0 Å². The second-order valence-corrected chi connectivity index (χ2v) is 11.6. The lowest BCUT2D eigenvalue weighted by atomic mass is 9.84. The highest BCUT2D eigenvalue weighted by Crippen LogP contribution is 2.31. The molecule has 5 rings (SSSR count). The van der Waals surface area contributed by atoms with Crippen molar-refractivity contribution in [2.75, 3.05) is 26.2 Å². The highest BCUT2D eigenvalue weighted by Gasteiger charge is 2.26. The first-order valence-corrected chi connectivity index (χ1v) is 14.0. The predicted octanol–water partition coefficient (Wildman–Crippen LogP) is 4.84. The van der Waals surface area contributed by atoms with Crippen LogP contribution in [0.25, 0.3) is 10.9 Å². The SMILES string of the molecule is Cn1cc2c(C(=O)N[C@H]3CC[C@H](CCN4CCc5nc(OCC(C)(F)F)sc5CC4)CC3)cccc2n1. The van der Waals surface area contributed by atoms with Crippen molar-refractivity contribution in [2.24, 2.45) is 13.0 Å². The highest BCUT2D eigenvalue weighted by atomic mass is 32.1. The lowest BCUT2D eigenvalue weighted by molar-refractivity contribution is -0.0230. The molecule has 1 amide bonds. The highest BCUT2D eigenvalue weighted by molar-refractivity contribution is 7.13. The summed E-state index contributed by atoms with van der Waals surface area (Å²) in [6.45, 7) is 3.19. The Kier molecular flexibility index (Phi) is 7.76.